The minimum atomic E-state index is -4.35. The Bertz CT molecular complexity index is 577. The quantitative estimate of drug-likeness (QED) is 0.771. The molecule has 5 heteroatoms. The lowest BCUT2D eigenvalue weighted by molar-refractivity contribution is -0.137. The van der Waals surface area contributed by atoms with Crippen LogP contribution in [-0.2, 0) is 6.18 Å². The summed E-state index contributed by atoms with van der Waals surface area (Å²) in [5.41, 5.74) is 1.98. The maximum absolute atomic E-state index is 12.6. The molecule has 0 unspecified atom stereocenters. The Labute approximate surface area is 102 Å². The molecule has 18 heavy (non-hydrogen) atoms. The Balaban J connectivity index is 2.55. The average molecular weight is 252 g/mol. The maximum Gasteiger partial charge on any atom is 0.416 e. The molecule has 0 saturated carbocycles. The van der Waals surface area contributed by atoms with Crippen LogP contribution in [0.2, 0.25) is 0 Å². The summed E-state index contributed by atoms with van der Waals surface area (Å²) in [4.78, 5) is 0. The highest BCUT2D eigenvalue weighted by molar-refractivity contribution is 5.64. The zero-order valence-electron chi connectivity index (χ0n) is 9.92. The van der Waals surface area contributed by atoms with Crippen LogP contribution in [0.3, 0.4) is 0 Å². The van der Waals surface area contributed by atoms with Crippen molar-refractivity contribution in [3.8, 4) is 11.3 Å². The van der Waals surface area contributed by atoms with Crippen LogP contribution in [0, 0.1) is 13.8 Å². The van der Waals surface area contributed by atoms with Gasteiger partial charge in [0, 0.05) is 5.56 Å². The molecule has 2 aromatic rings. The summed E-state index contributed by atoms with van der Waals surface area (Å²) in [6.45, 7) is 3.67. The Morgan fingerprint density at radius 3 is 2.50 bits per heavy atom. The van der Waals surface area contributed by atoms with Crippen LogP contribution in [0.25, 0.3) is 11.3 Å². The van der Waals surface area contributed by atoms with Crippen LogP contribution < -0.4 is 0 Å². The minimum Gasteiger partial charge on any atom is -0.166 e. The molecular weight excluding hydrogens is 241 g/mol. The molecule has 1 heterocycles. The fraction of sp³-hybridized carbons (Fsp3) is 0.231. The summed E-state index contributed by atoms with van der Waals surface area (Å²) in [5.74, 6) is 0. The molecule has 2 nitrogen and oxygen atoms in total. The number of aromatic nitrogens is 2. The van der Waals surface area contributed by atoms with Gasteiger partial charge in [0.25, 0.3) is 0 Å². The second-order valence-electron chi connectivity index (χ2n) is 4.08. The molecule has 0 aliphatic carbocycles. The van der Waals surface area contributed by atoms with Crippen LogP contribution >= 0.6 is 0 Å². The van der Waals surface area contributed by atoms with Crippen LogP contribution in [-0.4, -0.2) is 10.2 Å². The summed E-state index contributed by atoms with van der Waals surface area (Å²) in [6.07, 6.45) is -2.76. The Morgan fingerprint density at radius 2 is 1.83 bits per heavy atom. The summed E-state index contributed by atoms with van der Waals surface area (Å²) in [6, 6.07) is 5.12. The van der Waals surface area contributed by atoms with Gasteiger partial charge in [0.2, 0.25) is 0 Å². The number of benzene rings is 1. The van der Waals surface area contributed by atoms with Gasteiger partial charge in [-0.25, -0.2) is 0 Å². The average Bonchev–Trinajstić information content (AvgIpc) is 2.32. The van der Waals surface area contributed by atoms with E-state index >= 15 is 0 Å². The van der Waals surface area contributed by atoms with E-state index in [1.165, 1.54) is 6.07 Å². The smallest absolute Gasteiger partial charge is 0.166 e. The number of halogens is 3. The second-order valence-corrected chi connectivity index (χ2v) is 4.08. The Hall–Kier alpha value is -1.91. The number of hydrogen-bond donors (Lipinski definition) is 0. The second kappa shape index (κ2) is 4.40. The molecule has 0 saturated heterocycles. The fourth-order valence-corrected chi connectivity index (χ4v) is 1.65. The number of aryl methyl sites for hydroxylation is 1. The van der Waals surface area contributed by atoms with Crippen LogP contribution in [0.1, 0.15) is 16.7 Å². The van der Waals surface area contributed by atoms with Gasteiger partial charge in [-0.05, 0) is 37.1 Å². The van der Waals surface area contributed by atoms with Gasteiger partial charge in [-0.1, -0.05) is 12.1 Å². The monoisotopic (exact) mass is 252 g/mol. The van der Waals surface area contributed by atoms with Crippen LogP contribution in [0.5, 0.6) is 0 Å². The molecule has 0 radical (unpaired) electrons. The minimum absolute atomic E-state index is 0.429. The third-order valence-corrected chi connectivity index (χ3v) is 2.82. The molecular formula is C13H11F3N2. The number of nitrogens with zero attached hydrogens (tertiary/aromatic N) is 2. The first-order valence-corrected chi connectivity index (χ1v) is 5.36. The van der Waals surface area contributed by atoms with Gasteiger partial charge >= 0.3 is 6.18 Å². The van der Waals surface area contributed by atoms with E-state index < -0.39 is 11.7 Å². The van der Waals surface area contributed by atoms with E-state index in [2.05, 4.69) is 10.2 Å². The summed E-state index contributed by atoms with van der Waals surface area (Å²) >= 11 is 0. The first-order chi connectivity index (χ1) is 8.39. The van der Waals surface area contributed by atoms with E-state index in [1.807, 2.05) is 13.8 Å². The van der Waals surface area contributed by atoms with Gasteiger partial charge in [-0.15, -0.1) is 0 Å². The van der Waals surface area contributed by atoms with Gasteiger partial charge in [0.05, 0.1) is 17.5 Å². The molecule has 0 N–H and O–H groups in total. The SMILES string of the molecule is Cc1cnnc(-c2cccc(C(F)(F)F)c2)c1C. The zero-order valence-corrected chi connectivity index (χ0v) is 9.92. The third-order valence-electron chi connectivity index (χ3n) is 2.82. The molecule has 0 bridgehead atoms. The van der Waals surface area contributed by atoms with Crippen LogP contribution in [0.4, 0.5) is 13.2 Å². The highest BCUT2D eigenvalue weighted by atomic mass is 19.4. The number of hydrogen-bond acceptors (Lipinski definition) is 2. The fourth-order valence-electron chi connectivity index (χ4n) is 1.65. The third kappa shape index (κ3) is 2.34. The highest BCUT2D eigenvalue weighted by Crippen LogP contribution is 2.32. The van der Waals surface area contributed by atoms with Crippen molar-refractivity contribution in [1.82, 2.24) is 10.2 Å². The summed E-state index contributed by atoms with van der Waals surface area (Å²) in [7, 11) is 0. The van der Waals surface area contributed by atoms with Crippen molar-refractivity contribution in [3.63, 3.8) is 0 Å². The number of rotatable bonds is 1. The highest BCUT2D eigenvalue weighted by Gasteiger charge is 2.30. The standard InChI is InChI=1S/C13H11F3N2/c1-8-7-17-18-12(9(8)2)10-4-3-5-11(6-10)13(14,15)16/h3-7H,1-2H3. The first kappa shape index (κ1) is 12.5. The lowest BCUT2D eigenvalue weighted by Crippen LogP contribution is -2.05. The summed E-state index contributed by atoms with van der Waals surface area (Å²) < 4.78 is 37.9. The van der Waals surface area contributed by atoms with Crippen molar-refractivity contribution in [1.29, 1.82) is 0 Å². The van der Waals surface area contributed by atoms with E-state index in [0.717, 1.165) is 23.3 Å². The van der Waals surface area contributed by atoms with Gasteiger partial charge in [0.15, 0.2) is 0 Å². The Morgan fingerprint density at radius 1 is 1.11 bits per heavy atom. The molecule has 0 fully saturated rings. The normalized spacial score (nSPS) is 11.6. The van der Waals surface area contributed by atoms with Gasteiger partial charge < -0.3 is 0 Å². The van der Waals surface area contributed by atoms with Crippen molar-refractivity contribution >= 4 is 0 Å². The molecule has 94 valence electrons. The topological polar surface area (TPSA) is 25.8 Å². The van der Waals surface area contributed by atoms with Crippen molar-refractivity contribution in [2.24, 2.45) is 0 Å². The molecule has 0 spiro atoms. The lowest BCUT2D eigenvalue weighted by Gasteiger charge is -2.10. The summed E-state index contributed by atoms with van der Waals surface area (Å²) in [5, 5.41) is 7.70. The zero-order chi connectivity index (χ0) is 13.3. The van der Waals surface area contributed by atoms with Crippen molar-refractivity contribution in [3.05, 3.63) is 47.2 Å². The maximum atomic E-state index is 12.6. The van der Waals surface area contributed by atoms with Gasteiger partial charge in [-0.3, -0.25) is 0 Å². The number of alkyl halides is 3. The molecule has 1 aromatic carbocycles. The van der Waals surface area contributed by atoms with Gasteiger partial charge in [-0.2, -0.15) is 23.4 Å². The first-order valence-electron chi connectivity index (χ1n) is 5.36. The molecule has 0 aliphatic rings. The predicted octanol–water partition coefficient (Wildman–Crippen LogP) is 3.78. The van der Waals surface area contributed by atoms with Crippen molar-refractivity contribution < 1.29 is 13.2 Å². The van der Waals surface area contributed by atoms with Crippen molar-refractivity contribution in [2.75, 3.05) is 0 Å². The largest absolute Gasteiger partial charge is 0.416 e. The van der Waals surface area contributed by atoms with E-state index in [4.69, 9.17) is 0 Å². The van der Waals surface area contributed by atoms with E-state index in [9.17, 15) is 13.2 Å². The molecule has 0 aliphatic heterocycles. The molecule has 1 aromatic heterocycles. The Kier molecular flexibility index (Phi) is 3.07. The molecule has 2 rings (SSSR count). The van der Waals surface area contributed by atoms with E-state index in [1.54, 1.807) is 12.3 Å². The molecule has 0 atom stereocenters. The lowest BCUT2D eigenvalue weighted by atomic mass is 10.0. The van der Waals surface area contributed by atoms with E-state index in [-0.39, 0.29) is 0 Å². The van der Waals surface area contributed by atoms with Gasteiger partial charge in [0.1, 0.15) is 0 Å². The van der Waals surface area contributed by atoms with Crippen molar-refractivity contribution in [2.45, 2.75) is 20.0 Å². The van der Waals surface area contributed by atoms with E-state index in [0.29, 0.717) is 11.3 Å². The predicted molar refractivity (Wildman–Crippen MR) is 61.9 cm³/mol. The molecule has 0 amide bonds. The van der Waals surface area contributed by atoms with Crippen LogP contribution in [0.15, 0.2) is 30.5 Å².